The van der Waals surface area contributed by atoms with Gasteiger partial charge in [-0.3, -0.25) is 0 Å². The Balaban J connectivity index is 2.70. The molecule has 0 amide bonds. The molecule has 0 saturated carbocycles. The average Bonchev–Trinajstić information content (AvgIpc) is 2.36. The maximum atomic E-state index is 5.76. The zero-order valence-electron chi connectivity index (χ0n) is 7.28. The van der Waals surface area contributed by atoms with Crippen molar-refractivity contribution in [2.24, 2.45) is 7.05 Å². The Morgan fingerprint density at radius 1 is 1.58 bits per heavy atom. The van der Waals surface area contributed by atoms with Gasteiger partial charge in [0.05, 0.1) is 0 Å². The molecule has 0 saturated heterocycles. The second kappa shape index (κ2) is 3.62. The molecule has 0 spiro atoms. The largest absolute Gasteiger partial charge is 0.224 e. The van der Waals surface area contributed by atoms with Crippen molar-refractivity contribution in [2.45, 2.75) is 23.8 Å². The van der Waals surface area contributed by atoms with Crippen molar-refractivity contribution in [3.05, 3.63) is 0 Å². The van der Waals surface area contributed by atoms with Crippen LogP contribution in [0, 0.1) is 0 Å². The standard InChI is InChI=1S/C6H11ClN4S/c1-6(2,4-7)12-5-8-9-10-11(5)3/h4H2,1-3H3. The minimum Gasteiger partial charge on any atom is -0.224 e. The van der Waals surface area contributed by atoms with Crippen LogP contribution in [0.25, 0.3) is 0 Å². The van der Waals surface area contributed by atoms with Gasteiger partial charge < -0.3 is 0 Å². The third kappa shape index (κ3) is 2.35. The monoisotopic (exact) mass is 206 g/mol. The summed E-state index contributed by atoms with van der Waals surface area (Å²) in [7, 11) is 1.81. The van der Waals surface area contributed by atoms with E-state index in [1.165, 1.54) is 0 Å². The van der Waals surface area contributed by atoms with Gasteiger partial charge in [0.2, 0.25) is 5.16 Å². The van der Waals surface area contributed by atoms with Crippen molar-refractivity contribution in [1.29, 1.82) is 0 Å². The fourth-order valence-corrected chi connectivity index (χ4v) is 1.54. The third-order valence-electron chi connectivity index (χ3n) is 1.27. The fourth-order valence-electron chi connectivity index (χ4n) is 0.582. The summed E-state index contributed by atoms with van der Waals surface area (Å²) in [6.07, 6.45) is 0. The zero-order valence-corrected chi connectivity index (χ0v) is 8.85. The molecule has 1 rings (SSSR count). The van der Waals surface area contributed by atoms with Gasteiger partial charge in [0.25, 0.3) is 0 Å². The summed E-state index contributed by atoms with van der Waals surface area (Å²) >= 11 is 7.34. The quantitative estimate of drug-likeness (QED) is 0.553. The molecule has 0 atom stereocenters. The van der Waals surface area contributed by atoms with Crippen LogP contribution in [-0.2, 0) is 7.05 Å². The molecule has 0 N–H and O–H groups in total. The first-order valence-corrected chi connectivity index (χ1v) is 4.87. The summed E-state index contributed by atoms with van der Waals surface area (Å²) in [5.74, 6) is 0.574. The van der Waals surface area contributed by atoms with Crippen molar-refractivity contribution < 1.29 is 0 Å². The summed E-state index contributed by atoms with van der Waals surface area (Å²) in [5.41, 5.74) is 0. The Morgan fingerprint density at radius 3 is 2.67 bits per heavy atom. The molecular weight excluding hydrogens is 196 g/mol. The molecule has 0 radical (unpaired) electrons. The van der Waals surface area contributed by atoms with Crippen molar-refractivity contribution >= 4 is 23.4 Å². The Kier molecular flexibility index (Phi) is 2.95. The molecule has 1 aromatic rings. The number of rotatable bonds is 3. The van der Waals surface area contributed by atoms with Crippen LogP contribution < -0.4 is 0 Å². The lowest BCUT2D eigenvalue weighted by Gasteiger charge is -2.18. The normalized spacial score (nSPS) is 12.0. The number of aryl methyl sites for hydroxylation is 1. The molecule has 1 heterocycles. The van der Waals surface area contributed by atoms with E-state index in [0.29, 0.717) is 5.88 Å². The lowest BCUT2D eigenvalue weighted by molar-refractivity contribution is 0.659. The molecule has 0 unspecified atom stereocenters. The molecule has 1 aromatic heterocycles. The van der Waals surface area contributed by atoms with Crippen molar-refractivity contribution in [1.82, 2.24) is 20.2 Å². The van der Waals surface area contributed by atoms with Crippen LogP contribution in [0.5, 0.6) is 0 Å². The van der Waals surface area contributed by atoms with Gasteiger partial charge in [0, 0.05) is 17.7 Å². The summed E-state index contributed by atoms with van der Waals surface area (Å²) in [6.45, 7) is 4.11. The molecule has 0 bridgehead atoms. The molecular formula is C6H11ClN4S. The molecule has 4 nitrogen and oxygen atoms in total. The van der Waals surface area contributed by atoms with Crippen LogP contribution >= 0.6 is 23.4 Å². The van der Waals surface area contributed by atoms with Crippen LogP contribution in [0.4, 0.5) is 0 Å². The van der Waals surface area contributed by atoms with Gasteiger partial charge in [-0.1, -0.05) is 11.8 Å². The third-order valence-corrected chi connectivity index (χ3v) is 3.32. The molecule has 0 fully saturated rings. The van der Waals surface area contributed by atoms with Crippen molar-refractivity contribution in [3.8, 4) is 0 Å². The number of hydrogen-bond acceptors (Lipinski definition) is 4. The van der Waals surface area contributed by atoms with Crippen molar-refractivity contribution in [2.75, 3.05) is 5.88 Å². The zero-order chi connectivity index (χ0) is 9.19. The minimum atomic E-state index is -0.0238. The van der Waals surface area contributed by atoms with Gasteiger partial charge in [-0.2, -0.15) is 0 Å². The van der Waals surface area contributed by atoms with Crippen LogP contribution in [0.15, 0.2) is 5.16 Å². The van der Waals surface area contributed by atoms with E-state index in [9.17, 15) is 0 Å². The summed E-state index contributed by atoms with van der Waals surface area (Å²) in [5, 5.41) is 11.9. The smallest absolute Gasteiger partial charge is 0.209 e. The molecule has 0 aromatic carbocycles. The number of alkyl halides is 1. The molecule has 12 heavy (non-hydrogen) atoms. The average molecular weight is 207 g/mol. The Morgan fingerprint density at radius 2 is 2.25 bits per heavy atom. The minimum absolute atomic E-state index is 0.0238. The predicted octanol–water partition coefficient (Wildman–Crippen LogP) is 1.32. The summed E-state index contributed by atoms with van der Waals surface area (Å²) in [6, 6.07) is 0. The van der Waals surface area contributed by atoms with E-state index in [1.54, 1.807) is 16.4 Å². The molecule has 0 aliphatic rings. The Labute approximate surface area is 80.7 Å². The van der Waals surface area contributed by atoms with Gasteiger partial charge in [-0.25, -0.2) is 4.68 Å². The van der Waals surface area contributed by atoms with E-state index in [4.69, 9.17) is 11.6 Å². The van der Waals surface area contributed by atoms with E-state index < -0.39 is 0 Å². The van der Waals surface area contributed by atoms with Gasteiger partial charge in [0.1, 0.15) is 0 Å². The topological polar surface area (TPSA) is 43.6 Å². The number of halogens is 1. The highest BCUT2D eigenvalue weighted by molar-refractivity contribution is 8.00. The van der Waals surface area contributed by atoms with Gasteiger partial charge in [-0.15, -0.1) is 16.7 Å². The highest BCUT2D eigenvalue weighted by atomic mass is 35.5. The predicted molar refractivity (Wildman–Crippen MR) is 49.5 cm³/mol. The van der Waals surface area contributed by atoms with Crippen molar-refractivity contribution in [3.63, 3.8) is 0 Å². The number of nitrogens with zero attached hydrogens (tertiary/aromatic N) is 4. The summed E-state index contributed by atoms with van der Waals surface area (Å²) in [4.78, 5) is 0. The second-order valence-corrected chi connectivity index (χ2v) is 5.02. The highest BCUT2D eigenvalue weighted by Crippen LogP contribution is 2.30. The van der Waals surface area contributed by atoms with Gasteiger partial charge >= 0.3 is 0 Å². The van der Waals surface area contributed by atoms with Crippen LogP contribution in [0.2, 0.25) is 0 Å². The first-order valence-electron chi connectivity index (χ1n) is 3.52. The van der Waals surface area contributed by atoms with E-state index in [2.05, 4.69) is 29.4 Å². The molecule has 68 valence electrons. The highest BCUT2D eigenvalue weighted by Gasteiger charge is 2.20. The number of thioether (sulfide) groups is 1. The maximum absolute atomic E-state index is 5.76. The van der Waals surface area contributed by atoms with Crippen LogP contribution in [0.3, 0.4) is 0 Å². The Hall–Kier alpha value is -0.290. The molecule has 0 aliphatic heterocycles. The van der Waals surface area contributed by atoms with Crippen LogP contribution in [0.1, 0.15) is 13.8 Å². The second-order valence-electron chi connectivity index (χ2n) is 3.08. The lowest BCUT2D eigenvalue weighted by Crippen LogP contribution is -2.17. The van der Waals surface area contributed by atoms with Gasteiger partial charge in [-0.05, 0) is 24.3 Å². The van der Waals surface area contributed by atoms with Gasteiger partial charge in [0.15, 0.2) is 0 Å². The maximum Gasteiger partial charge on any atom is 0.209 e. The molecule has 6 heteroatoms. The fraction of sp³-hybridized carbons (Fsp3) is 0.833. The number of hydrogen-bond donors (Lipinski definition) is 0. The van der Waals surface area contributed by atoms with E-state index in [0.717, 1.165) is 5.16 Å². The van der Waals surface area contributed by atoms with E-state index >= 15 is 0 Å². The lowest BCUT2D eigenvalue weighted by atomic mass is 10.2. The van der Waals surface area contributed by atoms with E-state index in [1.807, 2.05) is 7.05 Å². The first-order chi connectivity index (χ1) is 5.55. The molecule has 0 aliphatic carbocycles. The Bertz CT molecular complexity index is 260. The number of aromatic nitrogens is 4. The summed E-state index contributed by atoms with van der Waals surface area (Å²) < 4.78 is 1.61. The van der Waals surface area contributed by atoms with Crippen LogP contribution in [-0.4, -0.2) is 30.8 Å². The SMILES string of the molecule is Cn1nnnc1SC(C)(C)CCl. The first kappa shape index (κ1) is 9.80. The van der Waals surface area contributed by atoms with E-state index in [-0.39, 0.29) is 4.75 Å². The number of tetrazole rings is 1.